The number of carbonyl (C=O) groups is 1. The van der Waals surface area contributed by atoms with Crippen molar-refractivity contribution in [1.29, 1.82) is 0 Å². The third-order valence-electron chi connectivity index (χ3n) is 1.96. The number of nitrogens with two attached hydrogens (primary N) is 1. The van der Waals surface area contributed by atoms with E-state index in [0.29, 0.717) is 24.8 Å². The van der Waals surface area contributed by atoms with Crippen molar-refractivity contribution in [2.24, 2.45) is 5.73 Å². The lowest BCUT2D eigenvalue weighted by molar-refractivity contribution is 0.161. The van der Waals surface area contributed by atoms with Gasteiger partial charge < -0.3 is 20.5 Å². The van der Waals surface area contributed by atoms with Gasteiger partial charge >= 0.3 is 6.09 Å². The summed E-state index contributed by atoms with van der Waals surface area (Å²) in [6.07, 6.45) is 0.621. The summed E-state index contributed by atoms with van der Waals surface area (Å²) in [5.41, 5.74) is 5.64. The summed E-state index contributed by atoms with van der Waals surface area (Å²) >= 11 is 0. The zero-order chi connectivity index (χ0) is 12.7. The molecule has 7 nitrogen and oxygen atoms in total. The molecule has 17 heavy (non-hydrogen) atoms. The molecule has 0 aliphatic rings. The summed E-state index contributed by atoms with van der Waals surface area (Å²) in [6, 6.07) is 0. The van der Waals surface area contributed by atoms with Crippen molar-refractivity contribution in [3.05, 3.63) is 11.9 Å². The monoisotopic (exact) mass is 240 g/mol. The summed E-state index contributed by atoms with van der Waals surface area (Å²) in [6.45, 7) is 4.88. The molecule has 1 aromatic rings. The van der Waals surface area contributed by atoms with Crippen LogP contribution < -0.4 is 15.8 Å². The largest absolute Gasteiger partial charge is 0.478 e. The molecule has 0 atom stereocenters. The smallest absolute Gasteiger partial charge is 0.404 e. The van der Waals surface area contributed by atoms with E-state index in [-0.39, 0.29) is 6.61 Å². The van der Waals surface area contributed by atoms with Crippen LogP contribution >= 0.6 is 0 Å². The third kappa shape index (κ3) is 4.13. The molecule has 1 heterocycles. The minimum absolute atomic E-state index is 0.183. The first-order valence-corrected chi connectivity index (χ1v) is 5.25. The highest BCUT2D eigenvalue weighted by Crippen LogP contribution is 2.19. The quantitative estimate of drug-likeness (QED) is 0.710. The molecule has 7 heteroatoms. The SMILES string of the molecule is CCOc1ncnc(NCCOC(N)=O)c1C. The second kappa shape index (κ2) is 6.51. The van der Waals surface area contributed by atoms with Crippen molar-refractivity contribution in [3.8, 4) is 5.88 Å². The lowest BCUT2D eigenvalue weighted by Crippen LogP contribution is -2.19. The predicted octanol–water partition coefficient (Wildman–Crippen LogP) is 0.691. The van der Waals surface area contributed by atoms with Gasteiger partial charge in [-0.1, -0.05) is 0 Å². The maximum atomic E-state index is 10.3. The van der Waals surface area contributed by atoms with Gasteiger partial charge in [0.1, 0.15) is 18.8 Å². The Morgan fingerprint density at radius 2 is 2.29 bits per heavy atom. The second-order valence-corrected chi connectivity index (χ2v) is 3.18. The average Bonchev–Trinajstić information content (AvgIpc) is 2.29. The number of nitrogens with one attached hydrogen (secondary N) is 1. The average molecular weight is 240 g/mol. The fraction of sp³-hybridized carbons (Fsp3) is 0.500. The van der Waals surface area contributed by atoms with Crippen LogP contribution in [-0.2, 0) is 4.74 Å². The van der Waals surface area contributed by atoms with Crippen molar-refractivity contribution in [3.63, 3.8) is 0 Å². The minimum atomic E-state index is -0.791. The first-order chi connectivity index (χ1) is 8.15. The number of aromatic nitrogens is 2. The second-order valence-electron chi connectivity index (χ2n) is 3.18. The molecule has 0 saturated heterocycles. The molecule has 1 rings (SSSR count). The van der Waals surface area contributed by atoms with Gasteiger partial charge in [-0.05, 0) is 13.8 Å². The van der Waals surface area contributed by atoms with Gasteiger partial charge in [-0.3, -0.25) is 0 Å². The van der Waals surface area contributed by atoms with E-state index in [0.717, 1.165) is 5.56 Å². The van der Waals surface area contributed by atoms with Gasteiger partial charge in [0, 0.05) is 0 Å². The van der Waals surface area contributed by atoms with Crippen molar-refractivity contribution < 1.29 is 14.3 Å². The van der Waals surface area contributed by atoms with E-state index < -0.39 is 6.09 Å². The molecule has 0 saturated carbocycles. The predicted molar refractivity (Wildman–Crippen MR) is 62.0 cm³/mol. The highest BCUT2D eigenvalue weighted by atomic mass is 16.5. The van der Waals surface area contributed by atoms with Gasteiger partial charge in [0.05, 0.1) is 18.7 Å². The fourth-order valence-corrected chi connectivity index (χ4v) is 1.22. The first kappa shape index (κ1) is 13.0. The Labute approximate surface area is 99.3 Å². The summed E-state index contributed by atoms with van der Waals surface area (Å²) in [4.78, 5) is 18.4. The zero-order valence-corrected chi connectivity index (χ0v) is 9.90. The van der Waals surface area contributed by atoms with Gasteiger partial charge in [0.15, 0.2) is 0 Å². The Morgan fingerprint density at radius 3 is 2.94 bits per heavy atom. The van der Waals surface area contributed by atoms with E-state index in [9.17, 15) is 4.79 Å². The number of nitrogens with zero attached hydrogens (tertiary/aromatic N) is 2. The Bertz CT molecular complexity index is 384. The van der Waals surface area contributed by atoms with Crippen LogP contribution in [0.1, 0.15) is 12.5 Å². The van der Waals surface area contributed by atoms with E-state index in [1.54, 1.807) is 0 Å². The summed E-state index contributed by atoms with van der Waals surface area (Å²) < 4.78 is 9.91. The molecule has 1 amide bonds. The summed E-state index contributed by atoms with van der Waals surface area (Å²) in [7, 11) is 0. The number of amides is 1. The molecule has 0 radical (unpaired) electrons. The molecule has 3 N–H and O–H groups in total. The van der Waals surface area contributed by atoms with Crippen LogP contribution in [0, 0.1) is 6.92 Å². The minimum Gasteiger partial charge on any atom is -0.478 e. The molecular formula is C10H16N4O3. The van der Waals surface area contributed by atoms with Gasteiger partial charge in [0.25, 0.3) is 0 Å². The van der Waals surface area contributed by atoms with Gasteiger partial charge in [0.2, 0.25) is 5.88 Å². The number of primary amides is 1. The number of carbonyl (C=O) groups excluding carboxylic acids is 1. The standard InChI is InChI=1S/C10H16N4O3/c1-3-16-9-7(2)8(13-6-14-9)12-4-5-17-10(11)15/h6H,3-5H2,1-2H3,(H2,11,15)(H,12,13,14). The Balaban J connectivity index is 2.53. The van der Waals surface area contributed by atoms with Crippen molar-refractivity contribution in [2.75, 3.05) is 25.1 Å². The van der Waals surface area contributed by atoms with E-state index >= 15 is 0 Å². The molecule has 94 valence electrons. The molecule has 0 fully saturated rings. The molecule has 0 unspecified atom stereocenters. The van der Waals surface area contributed by atoms with E-state index in [4.69, 9.17) is 10.5 Å². The summed E-state index contributed by atoms with van der Waals surface area (Å²) in [5, 5.41) is 3.00. The highest BCUT2D eigenvalue weighted by Gasteiger charge is 2.07. The Hall–Kier alpha value is -2.05. The zero-order valence-electron chi connectivity index (χ0n) is 9.90. The fourth-order valence-electron chi connectivity index (χ4n) is 1.22. The number of rotatable bonds is 6. The highest BCUT2D eigenvalue weighted by molar-refractivity contribution is 5.64. The van der Waals surface area contributed by atoms with Crippen LogP contribution in [0.25, 0.3) is 0 Å². The molecule has 0 aliphatic heterocycles. The maximum Gasteiger partial charge on any atom is 0.404 e. The Morgan fingerprint density at radius 1 is 1.53 bits per heavy atom. The van der Waals surface area contributed by atoms with E-state index in [2.05, 4.69) is 20.0 Å². The Kier molecular flexibility index (Phi) is 4.99. The van der Waals surface area contributed by atoms with E-state index in [1.165, 1.54) is 6.33 Å². The van der Waals surface area contributed by atoms with E-state index in [1.807, 2.05) is 13.8 Å². The van der Waals surface area contributed by atoms with Crippen molar-refractivity contribution in [1.82, 2.24) is 9.97 Å². The summed E-state index contributed by atoms with van der Waals surface area (Å²) in [5.74, 6) is 1.19. The number of hydrogen-bond donors (Lipinski definition) is 2. The van der Waals surface area contributed by atoms with Crippen LogP contribution in [0.5, 0.6) is 5.88 Å². The third-order valence-corrected chi connectivity index (χ3v) is 1.96. The lowest BCUT2D eigenvalue weighted by Gasteiger charge is -2.11. The van der Waals surface area contributed by atoms with Crippen molar-refractivity contribution >= 4 is 11.9 Å². The molecular weight excluding hydrogens is 224 g/mol. The molecule has 0 aliphatic carbocycles. The van der Waals surface area contributed by atoms with Crippen molar-refractivity contribution in [2.45, 2.75) is 13.8 Å². The molecule has 0 bridgehead atoms. The molecule has 0 spiro atoms. The lowest BCUT2D eigenvalue weighted by atomic mass is 10.3. The van der Waals surface area contributed by atoms with Crippen LogP contribution in [-0.4, -0.2) is 35.8 Å². The van der Waals surface area contributed by atoms with Gasteiger partial charge in [-0.25, -0.2) is 14.8 Å². The van der Waals surface area contributed by atoms with Crippen LogP contribution in [0.15, 0.2) is 6.33 Å². The first-order valence-electron chi connectivity index (χ1n) is 5.25. The van der Waals surface area contributed by atoms with Crippen LogP contribution in [0.2, 0.25) is 0 Å². The number of ether oxygens (including phenoxy) is 2. The van der Waals surface area contributed by atoms with Gasteiger partial charge in [-0.2, -0.15) is 0 Å². The topological polar surface area (TPSA) is 99.4 Å². The number of anilines is 1. The molecule has 0 aromatic carbocycles. The molecule has 1 aromatic heterocycles. The normalized spacial score (nSPS) is 9.76. The van der Waals surface area contributed by atoms with Crippen LogP contribution in [0.3, 0.4) is 0 Å². The van der Waals surface area contributed by atoms with Crippen LogP contribution in [0.4, 0.5) is 10.6 Å². The number of hydrogen-bond acceptors (Lipinski definition) is 6. The maximum absolute atomic E-state index is 10.3. The van der Waals surface area contributed by atoms with Gasteiger partial charge in [-0.15, -0.1) is 0 Å².